The maximum absolute atomic E-state index is 11.7. The van der Waals surface area contributed by atoms with Crippen LogP contribution in [-0.4, -0.2) is 41.0 Å². The second-order valence-corrected chi connectivity index (χ2v) is 6.86. The lowest BCUT2D eigenvalue weighted by molar-refractivity contribution is 0.217. The second-order valence-electron chi connectivity index (χ2n) is 4.94. The summed E-state index contributed by atoms with van der Waals surface area (Å²) >= 11 is 0. The first kappa shape index (κ1) is 15.3. The van der Waals surface area contributed by atoms with E-state index in [9.17, 15) is 8.42 Å². The summed E-state index contributed by atoms with van der Waals surface area (Å²) in [4.78, 5) is 0. The zero-order chi connectivity index (χ0) is 14.4. The zero-order valence-corrected chi connectivity index (χ0v) is 12.6. The van der Waals surface area contributed by atoms with E-state index in [1.165, 1.54) is 23.9 Å². The van der Waals surface area contributed by atoms with Gasteiger partial charge in [0.05, 0.1) is 12.4 Å². The molecule has 0 aliphatic carbocycles. The molecule has 0 fully saturated rings. The number of nitrogens with one attached hydrogen (secondary N) is 2. The molecule has 2 rings (SSSR count). The maximum Gasteiger partial charge on any atom is 0.213 e. The summed E-state index contributed by atoms with van der Waals surface area (Å²) in [6, 6.07) is 6.23. The van der Waals surface area contributed by atoms with Gasteiger partial charge >= 0.3 is 0 Å². The zero-order valence-electron chi connectivity index (χ0n) is 11.8. The molecule has 0 unspecified atom stereocenters. The molecule has 1 aliphatic heterocycles. The number of hydrogen-bond acceptors (Lipinski definition) is 4. The van der Waals surface area contributed by atoms with E-state index < -0.39 is 10.0 Å². The van der Waals surface area contributed by atoms with Gasteiger partial charge in [0.2, 0.25) is 10.0 Å². The van der Waals surface area contributed by atoms with Gasteiger partial charge in [0.15, 0.2) is 0 Å². The average molecular weight is 298 g/mol. The molecule has 1 aromatic carbocycles. The van der Waals surface area contributed by atoms with Gasteiger partial charge in [0.1, 0.15) is 0 Å². The van der Waals surface area contributed by atoms with Crippen molar-refractivity contribution in [3.63, 3.8) is 0 Å². The van der Waals surface area contributed by atoms with Crippen LogP contribution in [0, 0.1) is 0 Å². The van der Waals surface area contributed by atoms with Crippen molar-refractivity contribution in [2.75, 3.05) is 37.9 Å². The molecule has 1 aromatic rings. The number of aryl methyl sites for hydroxylation is 1. The van der Waals surface area contributed by atoms with Gasteiger partial charge in [-0.25, -0.2) is 13.1 Å². The Morgan fingerprint density at radius 1 is 1.40 bits per heavy atom. The third kappa shape index (κ3) is 4.19. The largest absolute Gasteiger partial charge is 0.385 e. The van der Waals surface area contributed by atoms with Gasteiger partial charge in [0, 0.05) is 25.9 Å². The number of methoxy groups -OCH3 is 1. The molecule has 0 amide bonds. The molecule has 20 heavy (non-hydrogen) atoms. The van der Waals surface area contributed by atoms with E-state index in [0.717, 1.165) is 19.4 Å². The molecule has 0 bridgehead atoms. The van der Waals surface area contributed by atoms with E-state index in [-0.39, 0.29) is 12.4 Å². The smallest absolute Gasteiger partial charge is 0.213 e. The Morgan fingerprint density at radius 3 is 3.05 bits per heavy atom. The molecule has 0 aromatic heterocycles. The summed E-state index contributed by atoms with van der Waals surface area (Å²) in [6.07, 6.45) is 2.94. The minimum absolute atomic E-state index is 0.00858. The molecular formula is C14H22N2O3S. The van der Waals surface area contributed by atoms with E-state index in [1.54, 1.807) is 0 Å². The Labute approximate surface area is 120 Å². The number of hydrogen-bond donors (Lipinski definition) is 2. The topological polar surface area (TPSA) is 67.4 Å². The lowest BCUT2D eigenvalue weighted by Gasteiger charge is -2.21. The minimum atomic E-state index is -3.23. The van der Waals surface area contributed by atoms with Crippen molar-refractivity contribution in [1.29, 1.82) is 0 Å². The molecule has 2 N–H and O–H groups in total. The van der Waals surface area contributed by atoms with Crippen LogP contribution in [0.3, 0.4) is 0 Å². The van der Waals surface area contributed by atoms with E-state index in [4.69, 9.17) is 4.74 Å². The van der Waals surface area contributed by atoms with Crippen LogP contribution < -0.4 is 10.0 Å². The second kappa shape index (κ2) is 7.06. The molecule has 1 heterocycles. The van der Waals surface area contributed by atoms with Crippen LogP contribution in [0.2, 0.25) is 0 Å². The molecule has 0 radical (unpaired) electrons. The van der Waals surface area contributed by atoms with Gasteiger partial charge in [-0.15, -0.1) is 0 Å². The van der Waals surface area contributed by atoms with Crippen LogP contribution in [0.15, 0.2) is 18.2 Å². The normalized spacial score (nSPS) is 14.7. The van der Waals surface area contributed by atoms with Crippen LogP contribution in [0.25, 0.3) is 0 Å². The van der Waals surface area contributed by atoms with Crippen LogP contribution in [0.4, 0.5) is 5.69 Å². The molecule has 6 heteroatoms. The first-order chi connectivity index (χ1) is 9.62. The van der Waals surface area contributed by atoms with Crippen LogP contribution in [-0.2, 0) is 27.6 Å². The molecule has 1 aliphatic rings. The summed E-state index contributed by atoms with van der Waals surface area (Å²) in [5.41, 5.74) is 3.70. The van der Waals surface area contributed by atoms with E-state index in [1.807, 2.05) is 6.07 Å². The first-order valence-electron chi connectivity index (χ1n) is 6.93. The van der Waals surface area contributed by atoms with Gasteiger partial charge < -0.3 is 10.1 Å². The fraction of sp³-hybridized carbons (Fsp3) is 0.571. The number of rotatable bonds is 7. The highest BCUT2D eigenvalue weighted by Crippen LogP contribution is 2.26. The van der Waals surface area contributed by atoms with E-state index >= 15 is 0 Å². The van der Waals surface area contributed by atoms with Gasteiger partial charge in [-0.1, -0.05) is 18.2 Å². The average Bonchev–Trinajstić information content (AvgIpc) is 2.45. The van der Waals surface area contributed by atoms with Crippen LogP contribution >= 0.6 is 0 Å². The van der Waals surface area contributed by atoms with Crippen LogP contribution in [0.5, 0.6) is 0 Å². The monoisotopic (exact) mass is 298 g/mol. The van der Waals surface area contributed by atoms with Crippen molar-refractivity contribution in [3.05, 3.63) is 29.3 Å². The predicted octanol–water partition coefficient (Wildman–Crippen LogP) is 1.15. The van der Waals surface area contributed by atoms with Crippen molar-refractivity contribution in [3.8, 4) is 0 Å². The number of fused-ring (bicyclic) bond motifs is 1. The Morgan fingerprint density at radius 2 is 2.25 bits per heavy atom. The number of anilines is 1. The Bertz CT molecular complexity index is 543. The molecule has 0 saturated heterocycles. The van der Waals surface area contributed by atoms with Gasteiger partial charge in [0.25, 0.3) is 0 Å². The quantitative estimate of drug-likeness (QED) is 0.792. The van der Waals surface area contributed by atoms with E-state index in [2.05, 4.69) is 22.2 Å². The fourth-order valence-electron chi connectivity index (χ4n) is 2.40. The highest BCUT2D eigenvalue weighted by atomic mass is 32.2. The minimum Gasteiger partial charge on any atom is -0.385 e. The van der Waals surface area contributed by atoms with Gasteiger partial charge in [-0.05, 0) is 30.4 Å². The molecule has 0 atom stereocenters. The Hall–Kier alpha value is -1.11. The van der Waals surface area contributed by atoms with Crippen molar-refractivity contribution in [2.24, 2.45) is 0 Å². The highest BCUT2D eigenvalue weighted by Gasteiger charge is 2.13. The number of para-hydroxylation sites is 1. The predicted molar refractivity (Wildman–Crippen MR) is 80.6 cm³/mol. The van der Waals surface area contributed by atoms with Crippen molar-refractivity contribution in [2.45, 2.75) is 19.3 Å². The molecule has 0 spiro atoms. The van der Waals surface area contributed by atoms with Gasteiger partial charge in [-0.3, -0.25) is 0 Å². The van der Waals surface area contributed by atoms with Gasteiger partial charge in [-0.2, -0.15) is 0 Å². The first-order valence-corrected chi connectivity index (χ1v) is 8.58. The lowest BCUT2D eigenvalue weighted by Crippen LogP contribution is -2.30. The van der Waals surface area contributed by atoms with Crippen molar-refractivity contribution in [1.82, 2.24) is 4.72 Å². The molecule has 5 nitrogen and oxygen atoms in total. The SMILES string of the molecule is COCCS(=O)(=O)NCCc1cccc2c1NCCC2. The maximum atomic E-state index is 11.7. The molecular weight excluding hydrogens is 276 g/mol. The van der Waals surface area contributed by atoms with E-state index in [0.29, 0.717) is 13.0 Å². The molecule has 0 saturated carbocycles. The van der Waals surface area contributed by atoms with Crippen molar-refractivity contribution >= 4 is 15.7 Å². The number of sulfonamides is 1. The van der Waals surface area contributed by atoms with Crippen LogP contribution in [0.1, 0.15) is 17.5 Å². The third-order valence-corrected chi connectivity index (χ3v) is 4.78. The third-order valence-electron chi connectivity index (χ3n) is 3.43. The van der Waals surface area contributed by atoms with Crippen molar-refractivity contribution < 1.29 is 13.2 Å². The number of ether oxygens (including phenoxy) is 1. The highest BCUT2D eigenvalue weighted by molar-refractivity contribution is 7.89. The summed E-state index contributed by atoms with van der Waals surface area (Å²) in [6.45, 7) is 1.63. The summed E-state index contributed by atoms with van der Waals surface area (Å²) in [5, 5.41) is 3.42. The molecule has 112 valence electrons. The number of benzene rings is 1. The standard InChI is InChI=1S/C14H22N2O3S/c1-19-10-11-20(17,18)16-9-7-13-5-2-4-12-6-3-8-15-14(12)13/h2,4-5,15-16H,3,6-11H2,1H3. The Kier molecular flexibility index (Phi) is 5.39. The summed E-state index contributed by atoms with van der Waals surface area (Å²) in [5.74, 6) is 0.00858. The summed E-state index contributed by atoms with van der Waals surface area (Å²) in [7, 11) is -1.73. The fourth-order valence-corrected chi connectivity index (χ4v) is 3.34. The lowest BCUT2D eigenvalue weighted by atomic mass is 9.98. The summed E-state index contributed by atoms with van der Waals surface area (Å²) < 4.78 is 30.7. The Balaban J connectivity index is 1.92.